The van der Waals surface area contributed by atoms with Crippen molar-refractivity contribution in [2.75, 3.05) is 7.11 Å². The maximum absolute atomic E-state index is 12.4. The van der Waals surface area contributed by atoms with Crippen molar-refractivity contribution < 1.29 is 18.6 Å². The zero-order valence-electron chi connectivity index (χ0n) is 7.30. The quantitative estimate of drug-likeness (QED) is 0.801. The molecule has 6 heteroatoms. The zero-order valence-corrected chi connectivity index (χ0v) is 8.05. The van der Waals surface area contributed by atoms with Gasteiger partial charge in [0.25, 0.3) is 6.43 Å². The normalized spacial score (nSPS) is 10.6. The third-order valence-corrected chi connectivity index (χ3v) is 1.89. The molecule has 0 saturated heterocycles. The Morgan fingerprint density at radius 1 is 1.64 bits per heavy atom. The number of pyridine rings is 1. The summed E-state index contributed by atoms with van der Waals surface area (Å²) in [6.45, 7) is 0. The predicted octanol–water partition coefficient (Wildman–Crippen LogP) is 2.47. The molecule has 1 aromatic heterocycles. The summed E-state index contributed by atoms with van der Waals surface area (Å²) in [4.78, 5) is 3.71. The summed E-state index contributed by atoms with van der Waals surface area (Å²) in [6.07, 6.45) is -2.78. The van der Waals surface area contributed by atoms with Gasteiger partial charge in [-0.15, -0.1) is 11.6 Å². The number of aromatic nitrogens is 1. The van der Waals surface area contributed by atoms with E-state index in [2.05, 4.69) is 9.72 Å². The highest BCUT2D eigenvalue weighted by Gasteiger charge is 2.18. The molecule has 0 aliphatic heterocycles. The van der Waals surface area contributed by atoms with Crippen molar-refractivity contribution in [3.63, 3.8) is 0 Å². The van der Waals surface area contributed by atoms with Crippen LogP contribution in [0.15, 0.2) is 6.07 Å². The Hall–Kier alpha value is -1.10. The van der Waals surface area contributed by atoms with E-state index < -0.39 is 17.7 Å². The molecule has 1 heterocycles. The van der Waals surface area contributed by atoms with Crippen LogP contribution in [0.5, 0.6) is 11.6 Å². The maximum Gasteiger partial charge on any atom is 0.267 e. The lowest BCUT2D eigenvalue weighted by Crippen LogP contribution is -1.97. The average molecular weight is 224 g/mol. The molecule has 0 unspecified atom stereocenters. The van der Waals surface area contributed by atoms with E-state index in [1.54, 1.807) is 0 Å². The van der Waals surface area contributed by atoms with E-state index in [-0.39, 0.29) is 17.5 Å². The lowest BCUT2D eigenvalue weighted by atomic mass is 10.2. The molecule has 0 radical (unpaired) electrons. The van der Waals surface area contributed by atoms with E-state index >= 15 is 0 Å². The summed E-state index contributed by atoms with van der Waals surface area (Å²) in [5.41, 5.74) is -0.534. The molecule has 0 spiro atoms. The highest BCUT2D eigenvalue weighted by Crippen LogP contribution is 2.33. The van der Waals surface area contributed by atoms with Gasteiger partial charge in [-0.25, -0.2) is 13.8 Å². The average Bonchev–Trinajstić information content (AvgIpc) is 2.17. The van der Waals surface area contributed by atoms with Crippen LogP contribution in [0.2, 0.25) is 0 Å². The van der Waals surface area contributed by atoms with E-state index in [4.69, 9.17) is 11.6 Å². The molecule has 0 amide bonds. The topological polar surface area (TPSA) is 42.4 Å². The minimum Gasteiger partial charge on any atom is -0.505 e. The first-order valence-electron chi connectivity index (χ1n) is 3.71. The van der Waals surface area contributed by atoms with E-state index in [9.17, 15) is 13.9 Å². The van der Waals surface area contributed by atoms with Crippen LogP contribution in [0.4, 0.5) is 8.78 Å². The third-order valence-electron chi connectivity index (χ3n) is 1.64. The van der Waals surface area contributed by atoms with Crippen molar-refractivity contribution in [2.45, 2.75) is 12.3 Å². The first-order chi connectivity index (χ1) is 6.60. The maximum atomic E-state index is 12.4. The van der Waals surface area contributed by atoms with Gasteiger partial charge in [-0.3, -0.25) is 0 Å². The number of alkyl halides is 3. The Kier molecular flexibility index (Phi) is 3.46. The predicted molar refractivity (Wildman–Crippen MR) is 47.0 cm³/mol. The fourth-order valence-electron chi connectivity index (χ4n) is 0.950. The molecule has 1 aromatic rings. The number of aromatic hydroxyl groups is 1. The summed E-state index contributed by atoms with van der Waals surface area (Å²) in [5.74, 6) is -0.715. The van der Waals surface area contributed by atoms with Crippen LogP contribution in [-0.2, 0) is 5.88 Å². The Morgan fingerprint density at radius 2 is 2.29 bits per heavy atom. The Labute approximate surface area is 84.3 Å². The van der Waals surface area contributed by atoms with Gasteiger partial charge in [0.05, 0.1) is 18.6 Å². The summed E-state index contributed by atoms with van der Waals surface area (Å²) in [6, 6.07) is 0.982. The van der Waals surface area contributed by atoms with E-state index in [1.807, 2.05) is 0 Å². The van der Waals surface area contributed by atoms with Gasteiger partial charge in [0.15, 0.2) is 0 Å². The van der Waals surface area contributed by atoms with Crippen molar-refractivity contribution in [1.82, 2.24) is 4.98 Å². The molecule has 3 nitrogen and oxygen atoms in total. The number of hydrogen-bond donors (Lipinski definition) is 1. The van der Waals surface area contributed by atoms with Gasteiger partial charge in [-0.1, -0.05) is 0 Å². The monoisotopic (exact) mass is 223 g/mol. The first-order valence-corrected chi connectivity index (χ1v) is 4.24. The summed E-state index contributed by atoms with van der Waals surface area (Å²) >= 11 is 5.41. The number of halogens is 3. The molecule has 14 heavy (non-hydrogen) atoms. The minimum atomic E-state index is -2.78. The molecular formula is C8H8ClF2NO2. The largest absolute Gasteiger partial charge is 0.505 e. The Morgan fingerprint density at radius 3 is 2.71 bits per heavy atom. The van der Waals surface area contributed by atoms with Gasteiger partial charge in [-0.2, -0.15) is 0 Å². The lowest BCUT2D eigenvalue weighted by molar-refractivity contribution is 0.146. The smallest absolute Gasteiger partial charge is 0.267 e. The van der Waals surface area contributed by atoms with Crippen molar-refractivity contribution in [3.05, 3.63) is 17.3 Å². The van der Waals surface area contributed by atoms with Crippen LogP contribution in [-0.4, -0.2) is 17.2 Å². The molecule has 0 saturated carbocycles. The van der Waals surface area contributed by atoms with E-state index in [0.29, 0.717) is 0 Å². The van der Waals surface area contributed by atoms with Gasteiger partial charge in [0.2, 0.25) is 5.88 Å². The Bertz CT molecular complexity index is 333. The fourth-order valence-corrected chi connectivity index (χ4v) is 1.14. The summed E-state index contributed by atoms with van der Waals surface area (Å²) in [5, 5.41) is 9.30. The van der Waals surface area contributed by atoms with Gasteiger partial charge in [0, 0.05) is 6.07 Å². The zero-order chi connectivity index (χ0) is 10.7. The van der Waals surface area contributed by atoms with Crippen LogP contribution in [0.1, 0.15) is 17.7 Å². The van der Waals surface area contributed by atoms with Gasteiger partial charge < -0.3 is 9.84 Å². The molecule has 0 atom stereocenters. The second-order valence-corrected chi connectivity index (χ2v) is 2.75. The van der Waals surface area contributed by atoms with Gasteiger partial charge in [-0.05, 0) is 0 Å². The highest BCUT2D eigenvalue weighted by atomic mass is 35.5. The molecule has 1 N–H and O–H groups in total. The van der Waals surface area contributed by atoms with E-state index in [1.165, 1.54) is 7.11 Å². The molecule has 0 bridgehead atoms. The molecule has 0 aliphatic rings. The van der Waals surface area contributed by atoms with Crippen LogP contribution in [0.3, 0.4) is 0 Å². The molecule has 78 valence electrons. The number of rotatable bonds is 3. The number of nitrogens with zero attached hydrogens (tertiary/aromatic N) is 1. The van der Waals surface area contributed by atoms with Crippen LogP contribution >= 0.6 is 11.6 Å². The van der Waals surface area contributed by atoms with Crippen molar-refractivity contribution in [2.24, 2.45) is 0 Å². The van der Waals surface area contributed by atoms with Crippen molar-refractivity contribution >= 4 is 11.6 Å². The summed E-state index contributed by atoms with van der Waals surface area (Å²) < 4.78 is 29.4. The van der Waals surface area contributed by atoms with Gasteiger partial charge >= 0.3 is 0 Å². The second-order valence-electron chi connectivity index (χ2n) is 2.48. The third kappa shape index (κ3) is 2.04. The van der Waals surface area contributed by atoms with Crippen molar-refractivity contribution in [3.8, 4) is 11.6 Å². The Balaban J connectivity index is 3.27. The van der Waals surface area contributed by atoms with Gasteiger partial charge in [0.1, 0.15) is 11.4 Å². The first kappa shape index (κ1) is 11.0. The number of ether oxygens (including phenoxy) is 1. The standard InChI is InChI=1S/C8H8ClF2NO2/c1-14-6-2-4(8(10)11)7(13)5(3-9)12-6/h2,8,13H,3H2,1H3. The van der Waals surface area contributed by atoms with Crippen molar-refractivity contribution in [1.29, 1.82) is 0 Å². The minimum absolute atomic E-state index is 0.00810. The molecule has 1 rings (SSSR count). The molecule has 0 aliphatic carbocycles. The van der Waals surface area contributed by atoms with E-state index in [0.717, 1.165) is 6.07 Å². The molecule has 0 fully saturated rings. The number of methoxy groups -OCH3 is 1. The van der Waals surface area contributed by atoms with Crippen LogP contribution in [0, 0.1) is 0 Å². The van der Waals surface area contributed by atoms with Crippen LogP contribution < -0.4 is 4.74 Å². The lowest BCUT2D eigenvalue weighted by Gasteiger charge is -2.08. The highest BCUT2D eigenvalue weighted by molar-refractivity contribution is 6.17. The molecule has 0 aromatic carbocycles. The second kappa shape index (κ2) is 4.41. The number of hydrogen-bond acceptors (Lipinski definition) is 3. The van der Waals surface area contributed by atoms with Crippen LogP contribution in [0.25, 0.3) is 0 Å². The summed E-state index contributed by atoms with van der Waals surface area (Å²) in [7, 11) is 1.30. The SMILES string of the molecule is COc1cc(C(F)F)c(O)c(CCl)n1. The fraction of sp³-hybridized carbons (Fsp3) is 0.375. The molecular weight excluding hydrogens is 216 g/mol.